The highest BCUT2D eigenvalue weighted by atomic mass is 79.9. The lowest BCUT2D eigenvalue weighted by atomic mass is 10.1. The minimum atomic E-state index is -0.871. The molecule has 4 nitrogen and oxygen atoms in total. The molecule has 5 heteroatoms. The molecule has 0 fully saturated rings. The Bertz CT molecular complexity index is 492. The van der Waals surface area contributed by atoms with Gasteiger partial charge in [0.25, 0.3) is 0 Å². The van der Waals surface area contributed by atoms with Gasteiger partial charge < -0.3 is 9.52 Å². The standard InChI is InChI=1S/C9H6BrNO3/c10-6-3-7-8(14-4-11-7)1-5(6)2-9(12)13/h1,3-4H,2H2,(H,12,13). The maximum Gasteiger partial charge on any atom is 0.307 e. The second-order valence-electron chi connectivity index (χ2n) is 2.83. The number of oxazole rings is 1. The van der Waals surface area contributed by atoms with Crippen molar-refractivity contribution < 1.29 is 14.3 Å². The molecule has 0 spiro atoms. The van der Waals surface area contributed by atoms with E-state index in [1.54, 1.807) is 12.1 Å². The first-order valence-corrected chi connectivity index (χ1v) is 4.69. The maximum absolute atomic E-state index is 10.5. The van der Waals surface area contributed by atoms with Crippen molar-refractivity contribution in [3.8, 4) is 0 Å². The largest absolute Gasteiger partial charge is 0.481 e. The predicted molar refractivity (Wildman–Crippen MR) is 53.0 cm³/mol. The number of carboxylic acid groups (broad SMARTS) is 1. The van der Waals surface area contributed by atoms with Crippen molar-refractivity contribution in [2.24, 2.45) is 0 Å². The van der Waals surface area contributed by atoms with Gasteiger partial charge in [-0.05, 0) is 17.7 Å². The van der Waals surface area contributed by atoms with Gasteiger partial charge >= 0.3 is 5.97 Å². The lowest BCUT2D eigenvalue weighted by Crippen LogP contribution is -2.00. The summed E-state index contributed by atoms with van der Waals surface area (Å²) < 4.78 is 5.81. The number of nitrogens with zero attached hydrogens (tertiary/aromatic N) is 1. The number of carbonyl (C=O) groups is 1. The number of benzene rings is 1. The summed E-state index contributed by atoms with van der Waals surface area (Å²) in [6.45, 7) is 0. The molecule has 0 saturated heterocycles. The normalized spacial score (nSPS) is 10.6. The quantitative estimate of drug-likeness (QED) is 0.894. The molecule has 0 radical (unpaired) electrons. The Labute approximate surface area is 87.7 Å². The molecular weight excluding hydrogens is 250 g/mol. The van der Waals surface area contributed by atoms with Gasteiger partial charge in [-0.3, -0.25) is 4.79 Å². The van der Waals surface area contributed by atoms with Gasteiger partial charge in [0.2, 0.25) is 0 Å². The van der Waals surface area contributed by atoms with Crippen LogP contribution in [0.5, 0.6) is 0 Å². The van der Waals surface area contributed by atoms with Gasteiger partial charge in [-0.15, -0.1) is 0 Å². The third kappa shape index (κ3) is 1.63. The number of hydrogen-bond acceptors (Lipinski definition) is 3. The number of halogens is 1. The Morgan fingerprint density at radius 3 is 3.07 bits per heavy atom. The van der Waals surface area contributed by atoms with E-state index in [9.17, 15) is 4.79 Å². The number of carboxylic acids is 1. The molecule has 0 bridgehead atoms. The van der Waals surface area contributed by atoms with E-state index in [0.29, 0.717) is 16.7 Å². The molecule has 2 rings (SSSR count). The number of fused-ring (bicyclic) bond motifs is 1. The molecule has 0 amide bonds. The molecule has 1 heterocycles. The van der Waals surface area contributed by atoms with E-state index in [0.717, 1.165) is 4.47 Å². The zero-order chi connectivity index (χ0) is 10.1. The Morgan fingerprint density at radius 1 is 1.57 bits per heavy atom. The number of hydrogen-bond donors (Lipinski definition) is 1. The van der Waals surface area contributed by atoms with Crippen molar-refractivity contribution in [3.05, 3.63) is 28.6 Å². The Balaban J connectivity index is 2.53. The van der Waals surface area contributed by atoms with Gasteiger partial charge in [0.15, 0.2) is 12.0 Å². The van der Waals surface area contributed by atoms with Crippen LogP contribution in [0.1, 0.15) is 5.56 Å². The fraction of sp³-hybridized carbons (Fsp3) is 0.111. The van der Waals surface area contributed by atoms with E-state index in [1.807, 2.05) is 0 Å². The Hall–Kier alpha value is -1.36. The molecule has 0 atom stereocenters. The summed E-state index contributed by atoms with van der Waals surface area (Å²) in [6, 6.07) is 3.43. The van der Waals surface area contributed by atoms with E-state index < -0.39 is 5.97 Å². The van der Waals surface area contributed by atoms with Crippen LogP contribution in [0.15, 0.2) is 27.4 Å². The zero-order valence-electron chi connectivity index (χ0n) is 7.03. The average Bonchev–Trinajstić information content (AvgIpc) is 2.51. The third-order valence-corrected chi connectivity index (χ3v) is 2.58. The van der Waals surface area contributed by atoms with Gasteiger partial charge in [-0.25, -0.2) is 4.98 Å². The van der Waals surface area contributed by atoms with Gasteiger partial charge in [0.1, 0.15) is 5.52 Å². The monoisotopic (exact) mass is 255 g/mol. The molecule has 1 N–H and O–H groups in total. The van der Waals surface area contributed by atoms with Gasteiger partial charge in [0, 0.05) is 4.47 Å². The minimum absolute atomic E-state index is 0.0305. The van der Waals surface area contributed by atoms with Crippen molar-refractivity contribution >= 4 is 33.0 Å². The Morgan fingerprint density at radius 2 is 2.36 bits per heavy atom. The lowest BCUT2D eigenvalue weighted by Gasteiger charge is -1.99. The average molecular weight is 256 g/mol. The summed E-state index contributed by atoms with van der Waals surface area (Å²) >= 11 is 3.29. The molecule has 1 aromatic carbocycles. The Kier molecular flexibility index (Phi) is 2.25. The van der Waals surface area contributed by atoms with E-state index >= 15 is 0 Å². The molecule has 2 aromatic rings. The molecule has 72 valence electrons. The highest BCUT2D eigenvalue weighted by molar-refractivity contribution is 9.10. The smallest absolute Gasteiger partial charge is 0.307 e. The molecule has 1 aromatic heterocycles. The van der Waals surface area contributed by atoms with Crippen LogP contribution in [0.2, 0.25) is 0 Å². The van der Waals surface area contributed by atoms with Gasteiger partial charge in [0.05, 0.1) is 6.42 Å². The third-order valence-electron chi connectivity index (χ3n) is 1.84. The summed E-state index contributed by atoms with van der Waals surface area (Å²) in [5.41, 5.74) is 2.00. The number of aromatic nitrogens is 1. The molecule has 0 aliphatic rings. The summed E-state index contributed by atoms with van der Waals surface area (Å²) in [6.07, 6.45) is 1.30. The van der Waals surface area contributed by atoms with Gasteiger partial charge in [-0.1, -0.05) is 15.9 Å². The van der Waals surface area contributed by atoms with Crippen LogP contribution in [0.4, 0.5) is 0 Å². The van der Waals surface area contributed by atoms with E-state index in [2.05, 4.69) is 20.9 Å². The maximum atomic E-state index is 10.5. The topological polar surface area (TPSA) is 63.3 Å². The SMILES string of the molecule is O=C(O)Cc1cc2ocnc2cc1Br. The van der Waals surface area contributed by atoms with Gasteiger partial charge in [-0.2, -0.15) is 0 Å². The summed E-state index contributed by atoms with van der Waals surface area (Å²) in [4.78, 5) is 14.5. The minimum Gasteiger partial charge on any atom is -0.481 e. The van der Waals surface area contributed by atoms with E-state index in [1.165, 1.54) is 6.39 Å². The highest BCUT2D eigenvalue weighted by Gasteiger charge is 2.08. The first-order chi connectivity index (χ1) is 6.66. The number of rotatable bonds is 2. The number of aliphatic carboxylic acids is 1. The lowest BCUT2D eigenvalue weighted by molar-refractivity contribution is -0.136. The second kappa shape index (κ2) is 3.42. The van der Waals surface area contributed by atoms with E-state index in [4.69, 9.17) is 9.52 Å². The van der Waals surface area contributed by atoms with E-state index in [-0.39, 0.29) is 6.42 Å². The zero-order valence-corrected chi connectivity index (χ0v) is 8.61. The van der Waals surface area contributed by atoms with Crippen LogP contribution in [-0.4, -0.2) is 16.1 Å². The van der Waals surface area contributed by atoms with Crippen LogP contribution in [-0.2, 0) is 11.2 Å². The fourth-order valence-corrected chi connectivity index (χ4v) is 1.69. The van der Waals surface area contributed by atoms with Crippen molar-refractivity contribution in [2.45, 2.75) is 6.42 Å². The van der Waals surface area contributed by atoms with Crippen LogP contribution in [0.25, 0.3) is 11.1 Å². The van der Waals surface area contributed by atoms with Crippen molar-refractivity contribution in [2.75, 3.05) is 0 Å². The second-order valence-corrected chi connectivity index (χ2v) is 3.69. The summed E-state index contributed by atoms with van der Waals surface area (Å²) in [5, 5.41) is 8.65. The van der Waals surface area contributed by atoms with Crippen LogP contribution < -0.4 is 0 Å². The van der Waals surface area contributed by atoms with Crippen molar-refractivity contribution in [1.29, 1.82) is 0 Å². The predicted octanol–water partition coefficient (Wildman–Crippen LogP) is 2.22. The van der Waals surface area contributed by atoms with Crippen LogP contribution in [0.3, 0.4) is 0 Å². The van der Waals surface area contributed by atoms with Crippen molar-refractivity contribution in [3.63, 3.8) is 0 Å². The fourth-order valence-electron chi connectivity index (χ4n) is 1.22. The first-order valence-electron chi connectivity index (χ1n) is 3.90. The van der Waals surface area contributed by atoms with Crippen molar-refractivity contribution in [1.82, 2.24) is 4.98 Å². The first kappa shape index (κ1) is 9.21. The molecule has 0 aliphatic carbocycles. The summed E-state index contributed by atoms with van der Waals surface area (Å²) in [5.74, 6) is -0.871. The summed E-state index contributed by atoms with van der Waals surface area (Å²) in [7, 11) is 0. The van der Waals surface area contributed by atoms with Crippen LogP contribution in [0, 0.1) is 0 Å². The molecular formula is C9H6BrNO3. The molecule has 14 heavy (non-hydrogen) atoms. The highest BCUT2D eigenvalue weighted by Crippen LogP contribution is 2.24. The molecule has 0 aliphatic heterocycles. The van der Waals surface area contributed by atoms with Crippen LogP contribution >= 0.6 is 15.9 Å². The molecule has 0 saturated carbocycles. The molecule has 0 unspecified atom stereocenters.